The lowest BCUT2D eigenvalue weighted by molar-refractivity contribution is -0.174. The van der Waals surface area contributed by atoms with Crippen LogP contribution in [-0.4, -0.2) is 55.7 Å². The number of halogens is 1. The van der Waals surface area contributed by atoms with Crippen LogP contribution >= 0.6 is 11.6 Å². The molecule has 0 heterocycles. The summed E-state index contributed by atoms with van der Waals surface area (Å²) in [4.78, 5) is 13.8. The highest BCUT2D eigenvalue weighted by Gasteiger charge is 2.36. The van der Waals surface area contributed by atoms with E-state index in [-0.39, 0.29) is 12.5 Å². The maximum absolute atomic E-state index is 12.3. The second-order valence-corrected chi connectivity index (χ2v) is 9.17. The summed E-state index contributed by atoms with van der Waals surface area (Å²) in [5.74, 6) is 0.398. The molecule has 2 aromatic carbocycles. The first-order valence-electron chi connectivity index (χ1n) is 11.7. The van der Waals surface area contributed by atoms with Crippen molar-refractivity contribution in [2.75, 3.05) is 33.2 Å². The molecule has 0 aliphatic heterocycles. The predicted octanol–water partition coefficient (Wildman–Crippen LogP) is 5.62. The Hall–Kier alpha value is -2.18. The van der Waals surface area contributed by atoms with E-state index in [9.17, 15) is 4.79 Å². The Morgan fingerprint density at radius 3 is 2.18 bits per heavy atom. The zero-order chi connectivity index (χ0) is 24.8. The van der Waals surface area contributed by atoms with Crippen molar-refractivity contribution in [1.29, 1.82) is 0 Å². The standard InChI is InChI=1S/C28H38ClNO4/c1-23(18-29)12-11-17-28(2,34-20-25-15-9-6-10-16-25)26(33-22-27(31)30(3)4)21-32-19-24-13-7-5-8-14-24/h5-10,12-16,26H,11,17-22H2,1-4H3/b23-12-/t26-,28-/m1/s1. The molecule has 0 radical (unpaired) electrons. The van der Waals surface area contributed by atoms with Crippen molar-refractivity contribution in [3.8, 4) is 0 Å². The zero-order valence-corrected chi connectivity index (χ0v) is 21.6. The molecule has 6 heteroatoms. The van der Waals surface area contributed by atoms with Crippen LogP contribution in [0, 0.1) is 0 Å². The fourth-order valence-corrected chi connectivity index (χ4v) is 3.48. The summed E-state index contributed by atoms with van der Waals surface area (Å²) in [5.41, 5.74) is 2.60. The van der Waals surface area contributed by atoms with Gasteiger partial charge in [-0.25, -0.2) is 0 Å². The number of nitrogens with zero attached hydrogens (tertiary/aromatic N) is 1. The van der Waals surface area contributed by atoms with Gasteiger partial charge in [0.2, 0.25) is 5.91 Å². The van der Waals surface area contributed by atoms with Gasteiger partial charge in [-0.3, -0.25) is 4.79 Å². The van der Waals surface area contributed by atoms with Crippen LogP contribution in [-0.2, 0) is 32.2 Å². The third kappa shape index (κ3) is 9.98. The van der Waals surface area contributed by atoms with Gasteiger partial charge in [0.05, 0.1) is 25.4 Å². The number of benzene rings is 2. The Morgan fingerprint density at radius 2 is 1.62 bits per heavy atom. The summed E-state index contributed by atoms with van der Waals surface area (Å²) in [6.07, 6.45) is 3.17. The van der Waals surface area contributed by atoms with Crippen molar-refractivity contribution >= 4 is 17.5 Å². The van der Waals surface area contributed by atoms with Gasteiger partial charge in [0.25, 0.3) is 0 Å². The Bertz CT molecular complexity index is 872. The molecule has 0 aliphatic carbocycles. The zero-order valence-electron chi connectivity index (χ0n) is 20.8. The molecule has 0 saturated carbocycles. The van der Waals surface area contributed by atoms with Gasteiger partial charge in [-0.05, 0) is 37.8 Å². The van der Waals surface area contributed by atoms with Crippen LogP contribution in [0.3, 0.4) is 0 Å². The van der Waals surface area contributed by atoms with Crippen molar-refractivity contribution < 1.29 is 19.0 Å². The molecule has 1 amide bonds. The number of allylic oxidation sites excluding steroid dienone is 2. The average molecular weight is 488 g/mol. The maximum atomic E-state index is 12.3. The first kappa shape index (κ1) is 28.1. The third-order valence-corrected chi connectivity index (χ3v) is 6.15. The highest BCUT2D eigenvalue weighted by molar-refractivity contribution is 6.19. The number of amides is 1. The highest BCUT2D eigenvalue weighted by Crippen LogP contribution is 2.28. The van der Waals surface area contributed by atoms with Gasteiger partial charge in [0.1, 0.15) is 12.7 Å². The largest absolute Gasteiger partial charge is 0.374 e. The van der Waals surface area contributed by atoms with E-state index in [1.165, 1.54) is 4.90 Å². The smallest absolute Gasteiger partial charge is 0.248 e. The molecule has 34 heavy (non-hydrogen) atoms. The van der Waals surface area contributed by atoms with Crippen LogP contribution in [0.1, 0.15) is 37.8 Å². The van der Waals surface area contributed by atoms with Gasteiger partial charge >= 0.3 is 0 Å². The highest BCUT2D eigenvalue weighted by atomic mass is 35.5. The number of rotatable bonds is 15. The Balaban J connectivity index is 2.18. The molecule has 2 rings (SSSR count). The SMILES string of the molecule is C/C(=C/CC[C@@](C)(OCc1ccccc1)[C@@H](COCc1ccccc1)OCC(=O)N(C)C)CCl. The van der Waals surface area contributed by atoms with Gasteiger partial charge < -0.3 is 19.1 Å². The van der Waals surface area contributed by atoms with Crippen LogP contribution < -0.4 is 0 Å². The van der Waals surface area contributed by atoms with Crippen molar-refractivity contribution in [1.82, 2.24) is 4.90 Å². The first-order chi connectivity index (χ1) is 16.3. The monoisotopic (exact) mass is 487 g/mol. The maximum Gasteiger partial charge on any atom is 0.248 e. The minimum absolute atomic E-state index is 0.0345. The lowest BCUT2D eigenvalue weighted by atomic mass is 9.92. The molecule has 2 aromatic rings. The summed E-state index contributed by atoms with van der Waals surface area (Å²) in [5, 5.41) is 0. The topological polar surface area (TPSA) is 48.0 Å². The molecule has 0 fully saturated rings. The second-order valence-electron chi connectivity index (χ2n) is 8.90. The summed E-state index contributed by atoms with van der Waals surface area (Å²) < 4.78 is 18.7. The number of hydrogen-bond donors (Lipinski definition) is 0. The molecule has 2 atom stereocenters. The summed E-state index contributed by atoms with van der Waals surface area (Å²) in [6.45, 7) is 5.22. The van der Waals surface area contributed by atoms with Gasteiger partial charge in [-0.1, -0.05) is 72.3 Å². The minimum Gasteiger partial charge on any atom is -0.374 e. The summed E-state index contributed by atoms with van der Waals surface area (Å²) in [7, 11) is 3.44. The molecule has 186 valence electrons. The first-order valence-corrected chi connectivity index (χ1v) is 12.2. The van der Waals surface area contributed by atoms with Crippen molar-refractivity contribution in [2.45, 2.75) is 51.6 Å². The summed E-state index contributed by atoms with van der Waals surface area (Å²) in [6, 6.07) is 20.1. The predicted molar refractivity (Wildman–Crippen MR) is 138 cm³/mol. The van der Waals surface area contributed by atoms with Crippen LogP contribution in [0.4, 0.5) is 0 Å². The normalized spacial score (nSPS) is 14.4. The molecule has 0 N–H and O–H groups in total. The van der Waals surface area contributed by atoms with Gasteiger partial charge in [0, 0.05) is 20.0 Å². The number of hydrogen-bond acceptors (Lipinski definition) is 4. The van der Waals surface area contributed by atoms with E-state index in [0.29, 0.717) is 32.1 Å². The fourth-order valence-electron chi connectivity index (χ4n) is 3.37. The van der Waals surface area contributed by atoms with Crippen LogP contribution in [0.5, 0.6) is 0 Å². The minimum atomic E-state index is -0.678. The van der Waals surface area contributed by atoms with E-state index >= 15 is 0 Å². The number of carbonyl (C=O) groups is 1. The lowest BCUT2D eigenvalue weighted by Crippen LogP contribution is -2.47. The molecule has 0 aromatic heterocycles. The van der Waals surface area contributed by atoms with Crippen molar-refractivity contribution in [3.05, 3.63) is 83.4 Å². The number of ether oxygens (including phenoxy) is 3. The van der Waals surface area contributed by atoms with Crippen LogP contribution in [0.15, 0.2) is 72.3 Å². The molecule has 0 aliphatic rings. The quantitative estimate of drug-likeness (QED) is 0.242. The Kier molecular flexibility index (Phi) is 12.3. The molecule has 0 saturated heterocycles. The molecular formula is C28H38ClNO4. The number of likely N-dealkylation sites (N-methyl/N-ethyl adjacent to an activating group) is 1. The fraction of sp³-hybridized carbons (Fsp3) is 0.464. The van der Waals surface area contributed by atoms with E-state index in [2.05, 4.69) is 6.08 Å². The van der Waals surface area contributed by atoms with Gasteiger partial charge in [-0.2, -0.15) is 0 Å². The molecule has 0 spiro atoms. The van der Waals surface area contributed by atoms with E-state index < -0.39 is 11.7 Å². The molecule has 0 unspecified atom stereocenters. The van der Waals surface area contributed by atoms with E-state index in [0.717, 1.165) is 23.1 Å². The van der Waals surface area contributed by atoms with E-state index in [1.807, 2.05) is 74.5 Å². The number of carbonyl (C=O) groups excluding carboxylic acids is 1. The Morgan fingerprint density at radius 1 is 1.03 bits per heavy atom. The van der Waals surface area contributed by atoms with Gasteiger partial charge in [0.15, 0.2) is 0 Å². The lowest BCUT2D eigenvalue weighted by Gasteiger charge is -2.37. The third-order valence-electron chi connectivity index (χ3n) is 5.72. The second kappa shape index (κ2) is 14.9. The molecule has 0 bridgehead atoms. The van der Waals surface area contributed by atoms with Crippen LogP contribution in [0.25, 0.3) is 0 Å². The van der Waals surface area contributed by atoms with Crippen LogP contribution in [0.2, 0.25) is 0 Å². The van der Waals surface area contributed by atoms with Crippen molar-refractivity contribution in [3.63, 3.8) is 0 Å². The van der Waals surface area contributed by atoms with E-state index in [1.54, 1.807) is 14.1 Å². The molecular weight excluding hydrogens is 450 g/mol. The van der Waals surface area contributed by atoms with E-state index in [4.69, 9.17) is 25.8 Å². The summed E-state index contributed by atoms with van der Waals surface area (Å²) >= 11 is 5.96. The molecule has 5 nitrogen and oxygen atoms in total. The van der Waals surface area contributed by atoms with Gasteiger partial charge in [-0.15, -0.1) is 11.6 Å². The Labute approximate surface area is 209 Å². The number of alkyl halides is 1. The van der Waals surface area contributed by atoms with Crippen molar-refractivity contribution in [2.24, 2.45) is 0 Å². The average Bonchev–Trinajstić information content (AvgIpc) is 2.85.